The zero-order chi connectivity index (χ0) is 25.9. The van der Waals surface area contributed by atoms with Gasteiger partial charge in [0.25, 0.3) is 5.91 Å². The highest BCUT2D eigenvalue weighted by atomic mass is 127. The van der Waals surface area contributed by atoms with Crippen molar-refractivity contribution in [2.75, 3.05) is 20.3 Å². The van der Waals surface area contributed by atoms with Crippen LogP contribution in [-0.4, -0.2) is 32.4 Å². The summed E-state index contributed by atoms with van der Waals surface area (Å²) >= 11 is 8.42. The van der Waals surface area contributed by atoms with E-state index in [0.29, 0.717) is 53.4 Å². The third-order valence-corrected chi connectivity index (χ3v) is 5.99. The maximum absolute atomic E-state index is 12.6. The Morgan fingerprint density at radius 2 is 1.89 bits per heavy atom. The third kappa shape index (κ3) is 7.38. The largest absolute Gasteiger partial charge is 0.493 e. The van der Waals surface area contributed by atoms with Gasteiger partial charge in [0, 0.05) is 16.1 Å². The first-order chi connectivity index (χ1) is 17.5. The number of hydrogen-bond donors (Lipinski definition) is 1. The monoisotopic (exact) mass is 620 g/mol. The molecule has 0 aliphatic rings. The Morgan fingerprint density at radius 3 is 2.61 bits per heavy atom. The molecule has 1 N–H and O–H groups in total. The molecule has 3 rings (SSSR count). The fourth-order valence-corrected chi connectivity index (χ4v) is 4.11. The molecule has 7 nitrogen and oxygen atoms in total. The van der Waals surface area contributed by atoms with Crippen LogP contribution in [0.25, 0.3) is 0 Å². The molecule has 36 heavy (non-hydrogen) atoms. The number of hydrogen-bond acceptors (Lipinski definition) is 6. The summed E-state index contributed by atoms with van der Waals surface area (Å²) in [6, 6.07) is 16.1. The molecule has 0 aromatic heterocycles. The lowest BCUT2D eigenvalue weighted by Gasteiger charge is -2.15. The van der Waals surface area contributed by atoms with Gasteiger partial charge >= 0.3 is 0 Å². The molecule has 0 heterocycles. The normalized spacial score (nSPS) is 10.7. The van der Waals surface area contributed by atoms with Crippen molar-refractivity contribution in [1.29, 1.82) is 0 Å². The van der Waals surface area contributed by atoms with Gasteiger partial charge in [-0.25, -0.2) is 5.43 Å². The lowest BCUT2D eigenvalue weighted by Crippen LogP contribution is -2.17. The lowest BCUT2D eigenvalue weighted by atomic mass is 10.2. The Morgan fingerprint density at radius 1 is 1.08 bits per heavy atom. The molecular weight excluding hydrogens is 595 g/mol. The number of methoxy groups -OCH3 is 1. The van der Waals surface area contributed by atoms with Crippen LogP contribution in [0.3, 0.4) is 0 Å². The molecule has 9 heteroatoms. The number of benzene rings is 3. The zero-order valence-electron chi connectivity index (χ0n) is 19.9. The van der Waals surface area contributed by atoms with E-state index in [-0.39, 0.29) is 5.91 Å². The number of halogens is 2. The van der Waals surface area contributed by atoms with Gasteiger partial charge in [0.1, 0.15) is 13.2 Å². The first kappa shape index (κ1) is 27.3. The van der Waals surface area contributed by atoms with Gasteiger partial charge in [0.15, 0.2) is 23.0 Å². The highest BCUT2D eigenvalue weighted by Crippen LogP contribution is 2.35. The van der Waals surface area contributed by atoms with E-state index in [0.717, 1.165) is 14.7 Å². The predicted molar refractivity (Wildman–Crippen MR) is 150 cm³/mol. The molecule has 0 aliphatic heterocycles. The van der Waals surface area contributed by atoms with E-state index in [2.05, 4.69) is 39.7 Å². The van der Waals surface area contributed by atoms with Crippen LogP contribution >= 0.6 is 34.2 Å². The fraction of sp³-hybridized carbons (Fsp3) is 0.185. The highest BCUT2D eigenvalue weighted by molar-refractivity contribution is 14.1. The molecule has 0 unspecified atom stereocenters. The van der Waals surface area contributed by atoms with Crippen molar-refractivity contribution >= 4 is 46.3 Å². The summed E-state index contributed by atoms with van der Waals surface area (Å²) in [6.45, 7) is 6.62. The molecule has 0 aliphatic carbocycles. The second-order valence-corrected chi connectivity index (χ2v) is 8.88. The highest BCUT2D eigenvalue weighted by Gasteiger charge is 2.14. The van der Waals surface area contributed by atoms with Gasteiger partial charge in [-0.05, 0) is 71.5 Å². The standard InChI is InChI=1S/C27H26ClIN2O5/c1-4-12-35-23-11-10-19(15-24(23)33-3)27(32)31-30-16-18-13-22(29)26(25(14-18)34-5-2)36-17-20-8-6-7-9-21(20)28/h4,6-11,13-16H,1,5,12,17H2,2-3H3,(H,31,32)/b30-16+. The first-order valence-corrected chi connectivity index (χ1v) is 12.5. The number of nitrogens with one attached hydrogen (secondary N) is 1. The SMILES string of the molecule is C=CCOc1ccc(C(=O)N/N=C/c2cc(I)c(OCc3ccccc3Cl)c(OCC)c2)cc1OC. The van der Waals surface area contributed by atoms with E-state index in [1.807, 2.05) is 37.3 Å². The van der Waals surface area contributed by atoms with E-state index in [9.17, 15) is 4.79 Å². The van der Waals surface area contributed by atoms with Crippen molar-refractivity contribution < 1.29 is 23.7 Å². The van der Waals surface area contributed by atoms with Gasteiger partial charge < -0.3 is 18.9 Å². The minimum Gasteiger partial charge on any atom is -0.493 e. The summed E-state index contributed by atoms with van der Waals surface area (Å²) in [6.07, 6.45) is 3.17. The van der Waals surface area contributed by atoms with Crippen LogP contribution in [0, 0.1) is 3.57 Å². The van der Waals surface area contributed by atoms with Crippen LogP contribution in [0.2, 0.25) is 5.02 Å². The molecule has 0 atom stereocenters. The van der Waals surface area contributed by atoms with Crippen LogP contribution < -0.4 is 24.4 Å². The minimum atomic E-state index is -0.390. The second-order valence-electron chi connectivity index (χ2n) is 7.31. The Hall–Kier alpha value is -3.24. The van der Waals surface area contributed by atoms with Gasteiger partial charge in [-0.2, -0.15) is 5.10 Å². The van der Waals surface area contributed by atoms with Gasteiger partial charge in [0.05, 0.1) is 23.5 Å². The Labute approximate surface area is 229 Å². The summed E-state index contributed by atoms with van der Waals surface area (Å²) in [7, 11) is 1.51. The van der Waals surface area contributed by atoms with Crippen molar-refractivity contribution in [2.24, 2.45) is 5.10 Å². The molecule has 188 valence electrons. The summed E-state index contributed by atoms with van der Waals surface area (Å²) in [5.74, 6) is 1.76. The summed E-state index contributed by atoms with van der Waals surface area (Å²) in [5, 5.41) is 4.74. The number of carbonyl (C=O) groups is 1. The van der Waals surface area contributed by atoms with Crippen molar-refractivity contribution in [3.8, 4) is 23.0 Å². The Kier molecular flexibility index (Phi) is 10.4. The van der Waals surface area contributed by atoms with Crippen molar-refractivity contribution in [1.82, 2.24) is 5.43 Å². The molecule has 3 aromatic rings. The molecule has 0 spiro atoms. The Bertz CT molecular complexity index is 1250. The second kappa shape index (κ2) is 13.7. The van der Waals surface area contributed by atoms with E-state index in [1.54, 1.807) is 36.6 Å². The number of carbonyl (C=O) groups excluding carboxylic acids is 1. The number of amides is 1. The van der Waals surface area contributed by atoms with Crippen molar-refractivity contribution in [3.63, 3.8) is 0 Å². The van der Waals surface area contributed by atoms with Crippen LogP contribution in [-0.2, 0) is 6.61 Å². The number of rotatable bonds is 12. The molecule has 0 bridgehead atoms. The van der Waals surface area contributed by atoms with Crippen molar-refractivity contribution in [3.05, 3.63) is 92.5 Å². The smallest absolute Gasteiger partial charge is 0.271 e. The van der Waals surface area contributed by atoms with E-state index < -0.39 is 0 Å². The molecule has 1 amide bonds. The van der Waals surface area contributed by atoms with E-state index in [1.165, 1.54) is 7.11 Å². The molecule has 3 aromatic carbocycles. The molecular formula is C27H26ClIN2O5. The lowest BCUT2D eigenvalue weighted by molar-refractivity contribution is 0.0954. The van der Waals surface area contributed by atoms with Crippen molar-refractivity contribution in [2.45, 2.75) is 13.5 Å². The third-order valence-electron chi connectivity index (χ3n) is 4.82. The maximum atomic E-state index is 12.6. The molecule has 0 saturated carbocycles. The maximum Gasteiger partial charge on any atom is 0.271 e. The average molecular weight is 621 g/mol. The molecule has 0 saturated heterocycles. The fourth-order valence-electron chi connectivity index (χ4n) is 3.14. The van der Waals surface area contributed by atoms with Gasteiger partial charge in [-0.3, -0.25) is 4.79 Å². The van der Waals surface area contributed by atoms with Gasteiger partial charge in [0.2, 0.25) is 0 Å². The first-order valence-electron chi connectivity index (χ1n) is 11.0. The van der Waals surface area contributed by atoms with Gasteiger partial charge in [-0.1, -0.05) is 42.5 Å². The number of hydrazone groups is 1. The minimum absolute atomic E-state index is 0.306. The van der Waals surface area contributed by atoms with Crippen LogP contribution in [0.5, 0.6) is 23.0 Å². The van der Waals surface area contributed by atoms with E-state index >= 15 is 0 Å². The summed E-state index contributed by atoms with van der Waals surface area (Å²) in [4.78, 5) is 12.6. The topological polar surface area (TPSA) is 78.4 Å². The average Bonchev–Trinajstić information content (AvgIpc) is 2.88. The van der Waals surface area contributed by atoms with Gasteiger partial charge in [-0.15, -0.1) is 0 Å². The van der Waals surface area contributed by atoms with Crippen LogP contribution in [0.15, 0.2) is 72.4 Å². The summed E-state index contributed by atoms with van der Waals surface area (Å²) in [5.41, 5.74) is 4.52. The number of ether oxygens (including phenoxy) is 4. The zero-order valence-corrected chi connectivity index (χ0v) is 22.8. The molecule has 0 radical (unpaired) electrons. The summed E-state index contributed by atoms with van der Waals surface area (Å²) < 4.78 is 23.5. The van der Waals surface area contributed by atoms with Crippen LogP contribution in [0.1, 0.15) is 28.4 Å². The number of nitrogens with zero attached hydrogens (tertiary/aromatic N) is 1. The van der Waals surface area contributed by atoms with Crippen LogP contribution in [0.4, 0.5) is 0 Å². The molecule has 0 fully saturated rings. The quantitative estimate of drug-likeness (QED) is 0.112. The predicted octanol–water partition coefficient (Wildman–Crippen LogP) is 6.26. The Balaban J connectivity index is 1.71. The van der Waals surface area contributed by atoms with E-state index in [4.69, 9.17) is 30.5 Å².